The average Bonchev–Trinajstić information content (AvgIpc) is 3.13. The molecule has 0 heterocycles. The van der Waals surface area contributed by atoms with Gasteiger partial charge in [-0.05, 0) is 12.8 Å². The normalized spacial score (nSPS) is 14.7. The van der Waals surface area contributed by atoms with Gasteiger partial charge in [0.05, 0.1) is 24.9 Å². The van der Waals surface area contributed by atoms with E-state index in [4.69, 9.17) is 0 Å². The SMILES string of the molecule is CCCCCCCCCCCCCCCCCCCCCCC[C@H](O)[C@@H](O)C(=O)N[C@H](CO)[C@H](O)[C@H](O)CCCCCCCCCCCCCC. The van der Waals surface area contributed by atoms with Crippen molar-refractivity contribution in [3.05, 3.63) is 0 Å². The molecule has 0 bridgehead atoms. The van der Waals surface area contributed by atoms with Crippen LogP contribution in [0.15, 0.2) is 0 Å². The zero-order valence-corrected chi connectivity index (χ0v) is 34.0. The van der Waals surface area contributed by atoms with Gasteiger partial charge in [-0.2, -0.15) is 0 Å². The molecular weight excluding hydrogens is 638 g/mol. The van der Waals surface area contributed by atoms with E-state index in [1.54, 1.807) is 0 Å². The molecule has 1 amide bonds. The van der Waals surface area contributed by atoms with Gasteiger partial charge < -0.3 is 30.8 Å². The van der Waals surface area contributed by atoms with Crippen molar-refractivity contribution in [3.8, 4) is 0 Å². The average molecular weight is 728 g/mol. The largest absolute Gasteiger partial charge is 0.394 e. The quantitative estimate of drug-likeness (QED) is 0.0348. The molecule has 51 heavy (non-hydrogen) atoms. The second-order valence-corrected chi connectivity index (χ2v) is 15.9. The van der Waals surface area contributed by atoms with Crippen LogP contribution < -0.4 is 5.32 Å². The van der Waals surface area contributed by atoms with E-state index in [1.807, 2.05) is 0 Å². The second-order valence-electron chi connectivity index (χ2n) is 15.9. The van der Waals surface area contributed by atoms with E-state index in [0.717, 1.165) is 38.5 Å². The van der Waals surface area contributed by atoms with Gasteiger partial charge in [0.15, 0.2) is 6.10 Å². The number of hydrogen-bond acceptors (Lipinski definition) is 6. The lowest BCUT2D eigenvalue weighted by atomic mass is 9.98. The number of aliphatic hydroxyl groups excluding tert-OH is 5. The van der Waals surface area contributed by atoms with Crippen LogP contribution in [0.1, 0.15) is 239 Å². The van der Waals surface area contributed by atoms with Crippen LogP contribution in [-0.4, -0.2) is 68.5 Å². The highest BCUT2D eigenvalue weighted by atomic mass is 16.3. The summed E-state index contributed by atoms with van der Waals surface area (Å²) in [5, 5.41) is 53.9. The summed E-state index contributed by atoms with van der Waals surface area (Å²) >= 11 is 0. The Hall–Kier alpha value is -0.730. The molecule has 7 nitrogen and oxygen atoms in total. The molecule has 0 unspecified atom stereocenters. The van der Waals surface area contributed by atoms with Crippen molar-refractivity contribution < 1.29 is 30.3 Å². The fourth-order valence-electron chi connectivity index (χ4n) is 7.26. The van der Waals surface area contributed by atoms with Crippen LogP contribution in [0.5, 0.6) is 0 Å². The van der Waals surface area contributed by atoms with E-state index < -0.39 is 43.0 Å². The summed E-state index contributed by atoms with van der Waals surface area (Å²) in [6.45, 7) is 3.96. The maximum absolute atomic E-state index is 12.5. The third-order valence-electron chi connectivity index (χ3n) is 10.9. The lowest BCUT2D eigenvalue weighted by Crippen LogP contribution is -2.54. The number of rotatable bonds is 41. The number of carbonyl (C=O) groups excluding carboxylic acids is 1. The van der Waals surface area contributed by atoms with Gasteiger partial charge in [-0.1, -0.05) is 226 Å². The highest BCUT2D eigenvalue weighted by molar-refractivity contribution is 5.81. The molecule has 0 saturated carbocycles. The van der Waals surface area contributed by atoms with E-state index in [2.05, 4.69) is 19.2 Å². The fourth-order valence-corrected chi connectivity index (χ4v) is 7.26. The number of nitrogens with one attached hydrogen (secondary N) is 1. The van der Waals surface area contributed by atoms with E-state index in [0.29, 0.717) is 12.8 Å². The maximum atomic E-state index is 12.5. The Labute approximate surface area is 316 Å². The van der Waals surface area contributed by atoms with Crippen LogP contribution >= 0.6 is 0 Å². The standard InChI is InChI=1S/C44H89NO6/c1-3-5-7-9-11-13-15-17-18-19-20-21-22-23-24-25-27-29-31-33-35-37-41(48)43(50)44(51)45-39(38-46)42(49)40(47)36-34-32-30-28-26-16-14-12-10-8-6-4-2/h39-43,46-50H,3-38H2,1-2H3,(H,45,51)/t39-,40-,41+,42+,43-/m1/s1. The number of unbranched alkanes of at least 4 members (excludes halogenated alkanes) is 31. The predicted molar refractivity (Wildman–Crippen MR) is 216 cm³/mol. The lowest BCUT2D eigenvalue weighted by molar-refractivity contribution is -0.138. The van der Waals surface area contributed by atoms with Crippen molar-refractivity contribution in [1.29, 1.82) is 0 Å². The third-order valence-corrected chi connectivity index (χ3v) is 10.9. The molecule has 0 aliphatic rings. The molecule has 0 aromatic carbocycles. The minimum atomic E-state index is -1.63. The Bertz CT molecular complexity index is 709. The Morgan fingerprint density at radius 2 is 0.667 bits per heavy atom. The van der Waals surface area contributed by atoms with Gasteiger partial charge in [-0.25, -0.2) is 0 Å². The van der Waals surface area contributed by atoms with E-state index in [-0.39, 0.29) is 0 Å². The van der Waals surface area contributed by atoms with Crippen molar-refractivity contribution in [2.45, 2.75) is 269 Å². The zero-order chi connectivity index (χ0) is 37.6. The van der Waals surface area contributed by atoms with Crippen molar-refractivity contribution in [3.63, 3.8) is 0 Å². The van der Waals surface area contributed by atoms with Gasteiger partial charge in [0.25, 0.3) is 5.91 Å². The van der Waals surface area contributed by atoms with Crippen LogP contribution in [0.25, 0.3) is 0 Å². The minimum Gasteiger partial charge on any atom is -0.394 e. The highest BCUT2D eigenvalue weighted by Gasteiger charge is 2.31. The monoisotopic (exact) mass is 728 g/mol. The summed E-state index contributed by atoms with van der Waals surface area (Å²) in [4.78, 5) is 12.5. The molecule has 6 N–H and O–H groups in total. The fraction of sp³-hybridized carbons (Fsp3) is 0.977. The summed E-state index contributed by atoms with van der Waals surface area (Å²) in [6.07, 6.45) is 37.4. The van der Waals surface area contributed by atoms with Crippen LogP contribution in [0.3, 0.4) is 0 Å². The summed E-state index contributed by atoms with van der Waals surface area (Å²) in [5.74, 6) is -0.832. The summed E-state index contributed by atoms with van der Waals surface area (Å²) < 4.78 is 0. The Morgan fingerprint density at radius 1 is 0.412 bits per heavy atom. The smallest absolute Gasteiger partial charge is 0.251 e. The molecule has 7 heteroatoms. The highest BCUT2D eigenvalue weighted by Crippen LogP contribution is 2.17. The van der Waals surface area contributed by atoms with Crippen molar-refractivity contribution in [1.82, 2.24) is 5.32 Å². The number of amides is 1. The molecule has 5 atom stereocenters. The summed E-state index contributed by atoms with van der Waals surface area (Å²) in [5.41, 5.74) is 0. The van der Waals surface area contributed by atoms with Crippen LogP contribution in [0.4, 0.5) is 0 Å². The van der Waals surface area contributed by atoms with Gasteiger partial charge in [0.1, 0.15) is 6.10 Å². The van der Waals surface area contributed by atoms with Gasteiger partial charge in [0.2, 0.25) is 0 Å². The van der Waals surface area contributed by atoms with Crippen molar-refractivity contribution in [2.24, 2.45) is 0 Å². The van der Waals surface area contributed by atoms with Gasteiger partial charge >= 0.3 is 0 Å². The van der Waals surface area contributed by atoms with Gasteiger partial charge in [0, 0.05) is 0 Å². The first-order valence-electron chi connectivity index (χ1n) is 22.5. The maximum Gasteiger partial charge on any atom is 0.251 e. The molecule has 0 spiro atoms. The predicted octanol–water partition coefficient (Wildman–Crippen LogP) is 10.6. The molecule has 0 saturated heterocycles. The molecule has 0 rings (SSSR count). The molecular formula is C44H89NO6. The van der Waals surface area contributed by atoms with Crippen molar-refractivity contribution >= 4 is 5.91 Å². The first-order valence-corrected chi connectivity index (χ1v) is 22.5. The molecule has 0 fully saturated rings. The molecule has 0 aliphatic carbocycles. The molecule has 0 radical (unpaired) electrons. The summed E-state index contributed by atoms with van der Waals surface area (Å²) in [6, 6.07) is -1.10. The second kappa shape index (κ2) is 39.0. The van der Waals surface area contributed by atoms with Gasteiger partial charge in [-0.15, -0.1) is 0 Å². The third kappa shape index (κ3) is 32.4. The van der Waals surface area contributed by atoms with Gasteiger partial charge in [-0.3, -0.25) is 4.79 Å². The van der Waals surface area contributed by atoms with Crippen LogP contribution in [0.2, 0.25) is 0 Å². The van der Waals surface area contributed by atoms with E-state index >= 15 is 0 Å². The Kier molecular flexibility index (Phi) is 38.4. The Balaban J connectivity index is 3.76. The molecule has 0 aliphatic heterocycles. The number of carbonyl (C=O) groups is 1. The first-order chi connectivity index (χ1) is 24.9. The van der Waals surface area contributed by atoms with Crippen molar-refractivity contribution in [2.75, 3.05) is 6.61 Å². The minimum absolute atomic E-state index is 0.321. The van der Waals surface area contributed by atoms with Crippen LogP contribution in [0, 0.1) is 0 Å². The molecule has 0 aromatic rings. The lowest BCUT2D eigenvalue weighted by Gasteiger charge is -2.28. The topological polar surface area (TPSA) is 130 Å². The first kappa shape index (κ1) is 50.3. The van der Waals surface area contributed by atoms with E-state index in [9.17, 15) is 30.3 Å². The number of aliphatic hydroxyl groups is 5. The molecule has 306 valence electrons. The zero-order valence-electron chi connectivity index (χ0n) is 34.0. The Morgan fingerprint density at radius 3 is 0.941 bits per heavy atom. The van der Waals surface area contributed by atoms with Crippen LogP contribution in [-0.2, 0) is 4.79 Å². The molecule has 0 aromatic heterocycles. The number of hydrogen-bond donors (Lipinski definition) is 6. The summed E-state index contributed by atoms with van der Waals surface area (Å²) in [7, 11) is 0. The van der Waals surface area contributed by atoms with E-state index in [1.165, 1.54) is 173 Å².